The van der Waals surface area contributed by atoms with E-state index < -0.39 is 15.7 Å². The van der Waals surface area contributed by atoms with Crippen LogP contribution in [-0.2, 0) is 16.4 Å². The van der Waals surface area contributed by atoms with Crippen LogP contribution >= 0.6 is 0 Å². The molecule has 162 valence electrons. The highest BCUT2D eigenvalue weighted by Crippen LogP contribution is 2.19. The van der Waals surface area contributed by atoms with Crippen molar-refractivity contribution in [3.63, 3.8) is 0 Å². The van der Waals surface area contributed by atoms with Gasteiger partial charge in [-0.25, -0.2) is 18.5 Å². The number of aromatic amines is 1. The Labute approximate surface area is 182 Å². The maximum atomic E-state index is 12.5. The number of carbonyl (C=O) groups is 1. The van der Waals surface area contributed by atoms with Crippen molar-refractivity contribution in [2.45, 2.75) is 18.4 Å². The smallest absolute Gasteiger partial charge is 0.264 e. The molecule has 4 aromatic rings. The summed E-state index contributed by atoms with van der Waals surface area (Å²) in [6.45, 7) is 1.68. The monoisotopic (exact) mass is 450 g/mol. The van der Waals surface area contributed by atoms with Crippen LogP contribution in [-0.4, -0.2) is 45.7 Å². The number of rotatable bonds is 5. The van der Waals surface area contributed by atoms with Gasteiger partial charge in [0.15, 0.2) is 9.84 Å². The number of aryl methyl sites for hydroxylation is 1. The first-order chi connectivity index (χ1) is 15.2. The summed E-state index contributed by atoms with van der Waals surface area (Å²) < 4.78 is 23.7. The number of fused-ring (bicyclic) bond motifs is 1. The van der Waals surface area contributed by atoms with Crippen LogP contribution < -0.4 is 10.9 Å². The first-order valence-corrected chi connectivity index (χ1v) is 11.4. The van der Waals surface area contributed by atoms with Crippen LogP contribution in [0.2, 0.25) is 0 Å². The van der Waals surface area contributed by atoms with E-state index in [0.29, 0.717) is 28.3 Å². The van der Waals surface area contributed by atoms with Crippen LogP contribution in [0.25, 0.3) is 22.3 Å². The molecule has 0 saturated heterocycles. The summed E-state index contributed by atoms with van der Waals surface area (Å²) in [5.41, 5.74) is 2.48. The Balaban J connectivity index is 1.55. The van der Waals surface area contributed by atoms with Gasteiger partial charge in [0, 0.05) is 30.1 Å². The molecule has 0 aromatic carbocycles. The second kappa shape index (κ2) is 8.27. The van der Waals surface area contributed by atoms with E-state index in [-0.39, 0.29) is 22.6 Å². The highest BCUT2D eigenvalue weighted by atomic mass is 32.2. The van der Waals surface area contributed by atoms with Crippen molar-refractivity contribution in [1.82, 2.24) is 30.5 Å². The van der Waals surface area contributed by atoms with Gasteiger partial charge in [0.25, 0.3) is 11.5 Å². The van der Waals surface area contributed by atoms with Crippen molar-refractivity contribution in [3.8, 4) is 11.4 Å². The Kier molecular flexibility index (Phi) is 5.49. The molecule has 11 heteroatoms. The number of aromatic nitrogens is 5. The Morgan fingerprint density at radius 2 is 1.84 bits per heavy atom. The molecule has 32 heavy (non-hydrogen) atoms. The number of carbonyl (C=O) groups excluding carboxylic acids is 1. The summed E-state index contributed by atoms with van der Waals surface area (Å²) in [6, 6.07) is 9.61. The molecule has 1 amide bonds. The third-order valence-corrected chi connectivity index (χ3v) is 5.92. The van der Waals surface area contributed by atoms with Crippen LogP contribution in [0.3, 0.4) is 0 Å². The number of amides is 1. The average molecular weight is 450 g/mol. The highest BCUT2D eigenvalue weighted by Gasteiger charge is 2.16. The summed E-state index contributed by atoms with van der Waals surface area (Å²) >= 11 is 0. The maximum absolute atomic E-state index is 12.5. The lowest BCUT2D eigenvalue weighted by Gasteiger charge is -2.08. The molecule has 0 fully saturated rings. The van der Waals surface area contributed by atoms with E-state index in [4.69, 9.17) is 0 Å². The van der Waals surface area contributed by atoms with Gasteiger partial charge in [-0.3, -0.25) is 19.6 Å². The van der Waals surface area contributed by atoms with Gasteiger partial charge < -0.3 is 5.32 Å². The molecular weight excluding hydrogens is 432 g/mol. The number of hydrogen-bond acceptors (Lipinski definition) is 8. The molecular formula is C21H18N6O4S. The molecule has 0 atom stereocenters. The molecule has 0 aliphatic heterocycles. The predicted molar refractivity (Wildman–Crippen MR) is 117 cm³/mol. The lowest BCUT2D eigenvalue weighted by atomic mass is 10.2. The summed E-state index contributed by atoms with van der Waals surface area (Å²) in [5, 5.41) is 9.87. The van der Waals surface area contributed by atoms with Crippen molar-refractivity contribution in [2.24, 2.45) is 0 Å². The van der Waals surface area contributed by atoms with Crippen LogP contribution in [0.1, 0.15) is 21.7 Å². The lowest BCUT2D eigenvalue weighted by molar-refractivity contribution is 0.0950. The fourth-order valence-electron chi connectivity index (χ4n) is 3.07. The summed E-state index contributed by atoms with van der Waals surface area (Å²) in [4.78, 5) is 36.6. The first-order valence-electron chi connectivity index (χ1n) is 9.47. The van der Waals surface area contributed by atoms with Gasteiger partial charge in [-0.05, 0) is 37.3 Å². The van der Waals surface area contributed by atoms with E-state index >= 15 is 0 Å². The number of hydrogen-bond donors (Lipinski definition) is 2. The lowest BCUT2D eigenvalue weighted by Crippen LogP contribution is -2.24. The zero-order valence-corrected chi connectivity index (χ0v) is 18.0. The van der Waals surface area contributed by atoms with Crippen molar-refractivity contribution in [1.29, 1.82) is 0 Å². The average Bonchev–Trinajstić information content (AvgIpc) is 2.77. The van der Waals surface area contributed by atoms with E-state index in [0.717, 1.165) is 11.6 Å². The van der Waals surface area contributed by atoms with Crippen molar-refractivity contribution < 1.29 is 13.2 Å². The quantitative estimate of drug-likeness (QED) is 0.464. The zero-order valence-electron chi connectivity index (χ0n) is 17.2. The molecule has 0 spiro atoms. The molecule has 0 saturated carbocycles. The van der Waals surface area contributed by atoms with Gasteiger partial charge in [-0.15, -0.1) is 0 Å². The van der Waals surface area contributed by atoms with Crippen LogP contribution in [0.5, 0.6) is 0 Å². The van der Waals surface area contributed by atoms with Crippen molar-refractivity contribution in [3.05, 3.63) is 76.1 Å². The fraction of sp³-hybridized carbons (Fsp3) is 0.143. The zero-order chi connectivity index (χ0) is 22.9. The molecule has 0 radical (unpaired) electrons. The second-order valence-corrected chi connectivity index (χ2v) is 9.12. The molecule has 2 N–H and O–H groups in total. The Bertz CT molecular complexity index is 1490. The van der Waals surface area contributed by atoms with Gasteiger partial charge in [0.05, 0.1) is 39.6 Å². The van der Waals surface area contributed by atoms with Gasteiger partial charge in [-0.2, -0.15) is 5.10 Å². The number of nitrogens with one attached hydrogen (secondary N) is 2. The van der Waals surface area contributed by atoms with Gasteiger partial charge >= 0.3 is 0 Å². The standard InChI is InChI=1S/C21H18N6O4S/c1-12-19(32(2,30)31)7-14(10-22-12)21(29)24-11-15-8-18-13(9-23-15)3-4-16(25-18)17-5-6-20(28)27-26-17/h3-10H,11H2,1-2H3,(H,24,29)(H,27,28). The normalized spacial score (nSPS) is 11.4. The molecule has 4 heterocycles. The minimum absolute atomic E-state index is 0.0153. The van der Waals surface area contributed by atoms with Crippen molar-refractivity contribution >= 4 is 26.6 Å². The number of nitrogens with zero attached hydrogens (tertiary/aromatic N) is 4. The molecule has 0 bridgehead atoms. The van der Waals surface area contributed by atoms with E-state index in [1.807, 2.05) is 6.07 Å². The fourth-order valence-corrected chi connectivity index (χ4v) is 4.00. The first kappa shape index (κ1) is 21.2. The SMILES string of the molecule is Cc1ncc(C(=O)NCc2cc3nc(-c4ccc(=O)[nH]n4)ccc3cn2)cc1S(C)(=O)=O. The van der Waals surface area contributed by atoms with Crippen LogP contribution in [0.15, 0.2) is 58.5 Å². The Morgan fingerprint density at radius 1 is 1.06 bits per heavy atom. The van der Waals surface area contributed by atoms with E-state index in [2.05, 4.69) is 30.5 Å². The second-order valence-electron chi connectivity index (χ2n) is 7.13. The summed E-state index contributed by atoms with van der Waals surface area (Å²) in [6.07, 6.45) is 4.04. The molecule has 4 rings (SSSR count). The number of sulfone groups is 1. The topological polar surface area (TPSA) is 148 Å². The maximum Gasteiger partial charge on any atom is 0.264 e. The van der Waals surface area contributed by atoms with Gasteiger partial charge in [0.2, 0.25) is 0 Å². The third kappa shape index (κ3) is 4.52. The minimum Gasteiger partial charge on any atom is -0.346 e. The van der Waals surface area contributed by atoms with Crippen molar-refractivity contribution in [2.75, 3.05) is 6.26 Å². The third-order valence-electron chi connectivity index (χ3n) is 4.70. The largest absolute Gasteiger partial charge is 0.346 e. The number of pyridine rings is 3. The Hall–Kier alpha value is -3.99. The molecule has 0 aliphatic rings. The van der Waals surface area contributed by atoms with Gasteiger partial charge in [-0.1, -0.05) is 0 Å². The highest BCUT2D eigenvalue weighted by molar-refractivity contribution is 7.90. The van der Waals surface area contributed by atoms with Gasteiger partial charge in [0.1, 0.15) is 5.69 Å². The number of H-pyrrole nitrogens is 1. The predicted octanol–water partition coefficient (Wildman–Crippen LogP) is 1.42. The molecule has 10 nitrogen and oxygen atoms in total. The van der Waals surface area contributed by atoms with E-state index in [9.17, 15) is 18.0 Å². The summed E-state index contributed by atoms with van der Waals surface area (Å²) in [7, 11) is -3.50. The van der Waals surface area contributed by atoms with Crippen LogP contribution in [0.4, 0.5) is 0 Å². The molecule has 4 aromatic heterocycles. The van der Waals surface area contributed by atoms with Crippen LogP contribution in [0, 0.1) is 6.92 Å². The summed E-state index contributed by atoms with van der Waals surface area (Å²) in [5.74, 6) is -0.469. The van der Waals surface area contributed by atoms with E-state index in [1.165, 1.54) is 18.3 Å². The Morgan fingerprint density at radius 3 is 2.56 bits per heavy atom. The molecule has 0 aliphatic carbocycles. The van der Waals surface area contributed by atoms with E-state index in [1.54, 1.807) is 31.3 Å². The molecule has 0 unspecified atom stereocenters. The minimum atomic E-state index is -3.50.